The van der Waals surface area contributed by atoms with Crippen molar-refractivity contribution in [3.63, 3.8) is 0 Å². The summed E-state index contributed by atoms with van der Waals surface area (Å²) in [6.45, 7) is 4.77. The molecule has 136 valence electrons. The predicted molar refractivity (Wildman–Crippen MR) is 103 cm³/mol. The van der Waals surface area contributed by atoms with Crippen molar-refractivity contribution in [1.82, 2.24) is 5.32 Å². The molecule has 1 saturated heterocycles. The van der Waals surface area contributed by atoms with Gasteiger partial charge in [0.25, 0.3) is 0 Å². The molecule has 1 atom stereocenters. The molecule has 0 aromatic carbocycles. The lowest BCUT2D eigenvalue weighted by Gasteiger charge is -2.29. The van der Waals surface area contributed by atoms with Crippen LogP contribution in [0.3, 0.4) is 0 Å². The van der Waals surface area contributed by atoms with Gasteiger partial charge >= 0.3 is 0 Å². The number of hydrogen-bond acceptors (Lipinski definition) is 3. The van der Waals surface area contributed by atoms with Crippen molar-refractivity contribution >= 4 is 23.9 Å². The van der Waals surface area contributed by atoms with Crippen LogP contribution in [0.5, 0.6) is 0 Å². The number of amides is 1. The lowest BCUT2D eigenvalue weighted by atomic mass is 10.1. The Balaban J connectivity index is 3.28. The highest BCUT2D eigenvalue weighted by molar-refractivity contribution is 7.78. The number of hydrogen-bond donors (Lipinski definition) is 1. The van der Waals surface area contributed by atoms with E-state index in [1.807, 2.05) is 0 Å². The summed E-state index contributed by atoms with van der Waals surface area (Å²) < 4.78 is 0. The molecule has 1 amide bonds. The third-order valence-electron chi connectivity index (χ3n) is 4.94. The minimum absolute atomic E-state index is 0.0646. The van der Waals surface area contributed by atoms with Crippen LogP contribution < -0.4 is 5.32 Å². The van der Waals surface area contributed by atoms with Gasteiger partial charge in [0.15, 0.2) is 5.78 Å². The first-order valence-electron chi connectivity index (χ1n) is 9.51. The first-order valence-corrected chi connectivity index (χ1v) is 11.9. The summed E-state index contributed by atoms with van der Waals surface area (Å²) >= 11 is 0. The maximum absolute atomic E-state index is 13.0. The summed E-state index contributed by atoms with van der Waals surface area (Å²) in [5.41, 5.74) is 0. The summed E-state index contributed by atoms with van der Waals surface area (Å²) in [7, 11) is 0. The van der Waals surface area contributed by atoms with Crippen LogP contribution in [0.1, 0.15) is 72.1 Å². The van der Waals surface area contributed by atoms with E-state index in [1.54, 1.807) is 0 Å². The predicted octanol–water partition coefficient (Wildman–Crippen LogP) is 3.95. The van der Waals surface area contributed by atoms with Crippen molar-refractivity contribution in [2.75, 3.05) is 18.5 Å². The van der Waals surface area contributed by atoms with E-state index in [4.69, 9.17) is 0 Å². The number of carbonyl (C=O) groups excluding carboxylic acids is 2. The fourth-order valence-electron chi connectivity index (χ4n) is 3.42. The van der Waals surface area contributed by atoms with Crippen LogP contribution in [0.25, 0.3) is 0 Å². The van der Waals surface area contributed by atoms with Crippen molar-refractivity contribution < 1.29 is 9.59 Å². The third kappa shape index (κ3) is 5.49. The fraction of sp³-hybridized carbons (Fsp3) is 0.789. The summed E-state index contributed by atoms with van der Waals surface area (Å²) in [4.78, 5) is 24.5. The number of carbonyl (C=O) groups is 2. The number of nitrogens with one attached hydrogen (secondary N) is 1. The van der Waals surface area contributed by atoms with Gasteiger partial charge in [-0.2, -0.15) is 5.26 Å². The van der Waals surface area contributed by atoms with Gasteiger partial charge in [-0.25, -0.2) is 0 Å². The number of nitriles is 1. The van der Waals surface area contributed by atoms with Crippen molar-refractivity contribution in [3.05, 3.63) is 0 Å². The van der Waals surface area contributed by atoms with Gasteiger partial charge in [0.05, 0.1) is 11.3 Å². The molecule has 1 aliphatic rings. The molecule has 0 aliphatic carbocycles. The Labute approximate surface area is 147 Å². The number of nitrogens with zero attached hydrogens (tertiary/aromatic N) is 1. The topological polar surface area (TPSA) is 70.0 Å². The van der Waals surface area contributed by atoms with E-state index >= 15 is 0 Å². The Morgan fingerprint density at radius 1 is 1.12 bits per heavy atom. The molecular weight excluding hydrogens is 319 g/mol. The van der Waals surface area contributed by atoms with Gasteiger partial charge in [-0.3, -0.25) is 9.59 Å². The van der Waals surface area contributed by atoms with Gasteiger partial charge in [0.2, 0.25) is 5.91 Å². The summed E-state index contributed by atoms with van der Waals surface area (Å²) in [5, 5.41) is 13.2. The molecule has 0 bridgehead atoms. The third-order valence-corrected chi connectivity index (χ3v) is 9.73. The molecule has 0 aromatic rings. The van der Waals surface area contributed by atoms with Crippen molar-refractivity contribution in [2.24, 2.45) is 0 Å². The molecule has 1 fully saturated rings. The van der Waals surface area contributed by atoms with Gasteiger partial charge in [0.1, 0.15) is 6.07 Å². The van der Waals surface area contributed by atoms with Crippen LogP contribution in [-0.4, -0.2) is 41.5 Å². The number of ketones is 1. The zero-order valence-electron chi connectivity index (χ0n) is 15.6. The molecule has 4 nitrogen and oxygen atoms in total. The van der Waals surface area contributed by atoms with E-state index in [9.17, 15) is 14.9 Å². The smallest absolute Gasteiger partial charge is 0.220 e. The summed E-state index contributed by atoms with van der Waals surface area (Å²) in [5.74, 6) is -0.148. The second-order valence-electron chi connectivity index (χ2n) is 6.86. The quantitative estimate of drug-likeness (QED) is 0.572. The molecule has 5 heteroatoms. The van der Waals surface area contributed by atoms with Crippen LogP contribution >= 0.6 is 6.89 Å². The first-order chi connectivity index (χ1) is 11.5. The maximum atomic E-state index is 13.0. The highest BCUT2D eigenvalue weighted by Gasteiger charge is 2.34. The van der Waals surface area contributed by atoms with Gasteiger partial charge in [0, 0.05) is 6.42 Å². The lowest BCUT2D eigenvalue weighted by molar-refractivity contribution is -0.121. The molecule has 1 heterocycles. The van der Waals surface area contributed by atoms with Crippen LogP contribution in [0, 0.1) is 11.3 Å². The molecule has 0 aromatic heterocycles. The van der Waals surface area contributed by atoms with Crippen molar-refractivity contribution in [1.29, 1.82) is 5.26 Å². The van der Waals surface area contributed by atoms with E-state index in [0.717, 1.165) is 57.0 Å². The molecule has 1 unspecified atom stereocenters. The van der Waals surface area contributed by atoms with Crippen LogP contribution in [0.4, 0.5) is 0 Å². The summed E-state index contributed by atoms with van der Waals surface area (Å²) in [6, 6.07) is 1.86. The van der Waals surface area contributed by atoms with Gasteiger partial charge in [-0.15, -0.1) is 0 Å². The standard InChI is InChI=1S/C19H33N2O2P/c1-4-7-12-24(13-8-5-2,14-9-6-3)17(15-20)19(23)16-10-11-18(22)21-16/h16H,4-14H2,1-3H3,(H,21,22). The Kier molecular flexibility index (Phi) is 9.37. The van der Waals surface area contributed by atoms with Gasteiger partial charge in [-0.1, -0.05) is 46.9 Å². The second-order valence-corrected chi connectivity index (χ2v) is 10.9. The molecule has 1 aliphatic heterocycles. The average Bonchev–Trinajstić information content (AvgIpc) is 3.02. The number of rotatable bonds is 11. The Bertz CT molecular complexity index is 505. The largest absolute Gasteiger partial charge is 0.346 e. The molecule has 1 N–H and O–H groups in total. The number of unbranched alkanes of at least 4 members (excludes halogenated alkanes) is 3. The molecule has 0 saturated carbocycles. The zero-order chi connectivity index (χ0) is 18.0. The average molecular weight is 352 g/mol. The van der Waals surface area contributed by atoms with Crippen molar-refractivity contribution in [3.8, 4) is 6.07 Å². The molecule has 0 radical (unpaired) electrons. The van der Waals surface area contributed by atoms with Crippen LogP contribution in [0.2, 0.25) is 0 Å². The minimum Gasteiger partial charge on any atom is -0.346 e. The highest BCUT2D eigenvalue weighted by atomic mass is 31.2. The second kappa shape index (κ2) is 10.7. The molecule has 1 rings (SSSR count). The van der Waals surface area contributed by atoms with Gasteiger partial charge < -0.3 is 5.32 Å². The lowest BCUT2D eigenvalue weighted by Crippen LogP contribution is -2.38. The number of Topliss-reactive ketones (excluding diaryl/α,β-unsaturated/α-hetero) is 1. The zero-order valence-corrected chi connectivity index (χ0v) is 16.5. The molecular formula is C19H33N2O2P. The Morgan fingerprint density at radius 3 is 1.96 bits per heavy atom. The van der Waals surface area contributed by atoms with Crippen LogP contribution in [0.15, 0.2) is 0 Å². The van der Waals surface area contributed by atoms with E-state index < -0.39 is 12.9 Å². The summed E-state index contributed by atoms with van der Waals surface area (Å²) in [6.07, 6.45) is 10.5. The van der Waals surface area contributed by atoms with E-state index in [-0.39, 0.29) is 11.7 Å². The van der Waals surface area contributed by atoms with Gasteiger partial charge in [-0.05, 0) is 44.2 Å². The van der Waals surface area contributed by atoms with Crippen molar-refractivity contribution in [2.45, 2.75) is 78.2 Å². The fourth-order valence-corrected chi connectivity index (χ4v) is 8.37. The maximum Gasteiger partial charge on any atom is 0.220 e. The van der Waals surface area contributed by atoms with E-state index in [2.05, 4.69) is 32.2 Å². The first kappa shape index (κ1) is 21.0. The molecule has 24 heavy (non-hydrogen) atoms. The van der Waals surface area contributed by atoms with Crippen LogP contribution in [-0.2, 0) is 9.59 Å². The van der Waals surface area contributed by atoms with E-state index in [0.29, 0.717) is 18.1 Å². The molecule has 0 spiro atoms. The normalized spacial score (nSPS) is 17.4. The highest BCUT2D eigenvalue weighted by Crippen LogP contribution is 2.52. The monoisotopic (exact) mass is 352 g/mol. The van der Waals surface area contributed by atoms with E-state index in [1.165, 1.54) is 0 Å². The Hall–Kier alpha value is -1.07. The minimum atomic E-state index is -1.73. The SMILES string of the molecule is CCCCP(CCCC)(CCCC)=C(C#N)C(=O)C1CCC(=O)N1. The Morgan fingerprint density at radius 2 is 1.62 bits per heavy atom.